The molecule has 0 aliphatic rings. The zero-order valence-electron chi connectivity index (χ0n) is 6.63. The third-order valence-electron chi connectivity index (χ3n) is 1.53. The van der Waals surface area contributed by atoms with Gasteiger partial charge in [0.25, 0.3) is 0 Å². The van der Waals surface area contributed by atoms with E-state index in [9.17, 15) is 5.11 Å². The maximum atomic E-state index is 9.17. The predicted molar refractivity (Wildman–Crippen MR) is 39.9 cm³/mol. The molecule has 0 spiro atoms. The van der Waals surface area contributed by atoms with Crippen LogP contribution in [0.4, 0.5) is 0 Å². The number of hydrogen-bond acceptors (Lipinski definition) is 6. The summed E-state index contributed by atoms with van der Waals surface area (Å²) in [6.07, 6.45) is -3.35. The van der Waals surface area contributed by atoms with E-state index in [-0.39, 0.29) is 13.0 Å². The highest BCUT2D eigenvalue weighted by molar-refractivity contribution is 4.75. The van der Waals surface area contributed by atoms with E-state index in [2.05, 4.69) is 4.84 Å². The van der Waals surface area contributed by atoms with E-state index < -0.39 is 24.9 Å². The maximum absolute atomic E-state index is 9.17. The van der Waals surface area contributed by atoms with Crippen molar-refractivity contribution in [2.75, 3.05) is 13.2 Å². The van der Waals surface area contributed by atoms with Crippen molar-refractivity contribution in [3.8, 4) is 0 Å². The molecule has 0 saturated carbocycles. The van der Waals surface area contributed by atoms with Crippen molar-refractivity contribution in [3.63, 3.8) is 0 Å². The van der Waals surface area contributed by atoms with Crippen LogP contribution in [0.15, 0.2) is 0 Å². The fraction of sp³-hybridized carbons (Fsp3) is 1.00. The summed E-state index contributed by atoms with van der Waals surface area (Å²) in [6, 6.07) is 0. The second-order valence-corrected chi connectivity index (χ2v) is 2.43. The van der Waals surface area contributed by atoms with E-state index in [0.717, 1.165) is 0 Å². The third kappa shape index (κ3) is 3.44. The Bertz CT molecular complexity index is 112. The summed E-state index contributed by atoms with van der Waals surface area (Å²) < 4.78 is 0. The highest BCUT2D eigenvalue weighted by Gasteiger charge is 2.26. The molecule has 12 heavy (non-hydrogen) atoms. The minimum Gasteiger partial charge on any atom is -0.396 e. The van der Waals surface area contributed by atoms with E-state index >= 15 is 0 Å². The van der Waals surface area contributed by atoms with Crippen LogP contribution in [0, 0.1) is 0 Å². The van der Waals surface area contributed by atoms with Crippen LogP contribution in [0.5, 0.6) is 0 Å². The fourth-order valence-corrected chi connectivity index (χ4v) is 0.838. The summed E-state index contributed by atoms with van der Waals surface area (Å²) in [7, 11) is 0. The monoisotopic (exact) mass is 181 g/mol. The van der Waals surface area contributed by atoms with Crippen LogP contribution in [0.3, 0.4) is 0 Å². The van der Waals surface area contributed by atoms with Crippen molar-refractivity contribution in [3.05, 3.63) is 0 Å². The number of aliphatic hydroxyl groups excluding tert-OH is 4. The second-order valence-electron chi connectivity index (χ2n) is 2.43. The van der Waals surface area contributed by atoms with Gasteiger partial charge in [0.05, 0.1) is 12.7 Å². The molecule has 6 N–H and O–H groups in total. The van der Waals surface area contributed by atoms with E-state index in [0.29, 0.717) is 0 Å². The van der Waals surface area contributed by atoms with Gasteiger partial charge < -0.3 is 20.4 Å². The molecule has 0 heterocycles. The summed E-state index contributed by atoms with van der Waals surface area (Å²) in [5, 5.41) is 35.1. The number of nitrogens with two attached hydrogens (primary N) is 1. The van der Waals surface area contributed by atoms with Gasteiger partial charge in [0, 0.05) is 6.61 Å². The highest BCUT2D eigenvalue weighted by atomic mass is 16.6. The number of rotatable bonds is 6. The van der Waals surface area contributed by atoms with Crippen LogP contribution in [-0.4, -0.2) is 52.0 Å². The molecule has 0 aliphatic carbocycles. The lowest BCUT2D eigenvalue weighted by Gasteiger charge is -2.23. The molecule has 0 amide bonds. The van der Waals surface area contributed by atoms with E-state index in [1.54, 1.807) is 0 Å². The molecule has 0 bridgehead atoms. The molecule has 0 fully saturated rings. The molecule has 0 aromatic rings. The van der Waals surface area contributed by atoms with Gasteiger partial charge in [0.1, 0.15) is 12.2 Å². The third-order valence-corrected chi connectivity index (χ3v) is 1.53. The lowest BCUT2D eigenvalue weighted by atomic mass is 10.1. The Kier molecular flexibility index (Phi) is 6.17. The van der Waals surface area contributed by atoms with Gasteiger partial charge in [0.2, 0.25) is 0 Å². The molecule has 6 heteroatoms. The second kappa shape index (κ2) is 6.30. The Morgan fingerprint density at radius 3 is 2.08 bits per heavy atom. The molecule has 0 saturated heterocycles. The first-order chi connectivity index (χ1) is 5.67. The normalized spacial score (nSPS) is 18.8. The first-order valence-electron chi connectivity index (χ1n) is 3.60. The Balaban J connectivity index is 3.94. The van der Waals surface area contributed by atoms with Gasteiger partial charge in [-0.15, -0.1) is 0 Å². The lowest BCUT2D eigenvalue weighted by Crippen LogP contribution is -2.43. The molecule has 0 rings (SSSR count). The largest absolute Gasteiger partial charge is 0.396 e. The van der Waals surface area contributed by atoms with Crippen molar-refractivity contribution in [1.82, 2.24) is 0 Å². The zero-order valence-corrected chi connectivity index (χ0v) is 6.63. The van der Waals surface area contributed by atoms with Gasteiger partial charge in [-0.1, -0.05) is 0 Å². The SMILES string of the molecule is NO[C@@H]([C@H](O)CCO)[C@@H](O)CO. The van der Waals surface area contributed by atoms with Crippen molar-refractivity contribution in [1.29, 1.82) is 0 Å². The van der Waals surface area contributed by atoms with Gasteiger partial charge in [-0.25, -0.2) is 5.90 Å². The van der Waals surface area contributed by atoms with Crippen molar-refractivity contribution < 1.29 is 25.3 Å². The van der Waals surface area contributed by atoms with Crippen LogP contribution in [0.1, 0.15) is 6.42 Å². The van der Waals surface area contributed by atoms with Crippen LogP contribution in [0.2, 0.25) is 0 Å². The van der Waals surface area contributed by atoms with Crippen molar-refractivity contribution in [2.24, 2.45) is 5.90 Å². The maximum Gasteiger partial charge on any atom is 0.133 e. The van der Waals surface area contributed by atoms with Crippen LogP contribution in [0.25, 0.3) is 0 Å². The van der Waals surface area contributed by atoms with Crippen LogP contribution < -0.4 is 5.90 Å². The Labute approximate surface area is 70.1 Å². The van der Waals surface area contributed by atoms with Crippen molar-refractivity contribution >= 4 is 0 Å². The standard InChI is InChI=1S/C6H15NO5/c7-12-6(5(11)3-9)4(10)1-2-8/h4-6,8-11H,1-3,7H2/t4-,5+,6+/m1/s1. The minimum atomic E-state index is -1.24. The summed E-state index contributed by atoms with van der Waals surface area (Å²) in [4.78, 5) is 4.25. The van der Waals surface area contributed by atoms with Crippen LogP contribution >= 0.6 is 0 Å². The average Bonchev–Trinajstić information content (AvgIpc) is 2.06. The smallest absolute Gasteiger partial charge is 0.133 e. The highest BCUT2D eigenvalue weighted by Crippen LogP contribution is 2.06. The van der Waals surface area contributed by atoms with Gasteiger partial charge in [0.15, 0.2) is 0 Å². The van der Waals surface area contributed by atoms with E-state index in [4.69, 9.17) is 21.2 Å². The molecule has 0 aromatic heterocycles. The van der Waals surface area contributed by atoms with E-state index in [1.807, 2.05) is 0 Å². The molecule has 6 nitrogen and oxygen atoms in total. The average molecular weight is 181 g/mol. The first-order valence-corrected chi connectivity index (χ1v) is 3.60. The van der Waals surface area contributed by atoms with Gasteiger partial charge in [-0.2, -0.15) is 0 Å². The summed E-state index contributed by atoms with van der Waals surface area (Å²) in [5.74, 6) is 4.77. The summed E-state index contributed by atoms with van der Waals surface area (Å²) >= 11 is 0. The number of hydrogen-bond donors (Lipinski definition) is 5. The molecule has 0 aromatic carbocycles. The molecule has 0 radical (unpaired) electrons. The van der Waals surface area contributed by atoms with E-state index in [1.165, 1.54) is 0 Å². The predicted octanol–water partition coefficient (Wildman–Crippen LogP) is -2.66. The Morgan fingerprint density at radius 2 is 1.75 bits per heavy atom. The van der Waals surface area contributed by atoms with Gasteiger partial charge in [-0.05, 0) is 6.42 Å². The van der Waals surface area contributed by atoms with Crippen molar-refractivity contribution in [2.45, 2.75) is 24.7 Å². The topological polar surface area (TPSA) is 116 Å². The van der Waals surface area contributed by atoms with Crippen LogP contribution in [-0.2, 0) is 4.84 Å². The number of aliphatic hydroxyl groups is 4. The fourth-order valence-electron chi connectivity index (χ4n) is 0.838. The molecule has 0 aliphatic heterocycles. The molecular formula is C6H15NO5. The van der Waals surface area contributed by atoms with Gasteiger partial charge >= 0.3 is 0 Å². The summed E-state index contributed by atoms with van der Waals surface area (Å²) in [6.45, 7) is -0.788. The molecule has 0 unspecified atom stereocenters. The first kappa shape index (κ1) is 11.8. The zero-order chi connectivity index (χ0) is 9.56. The Morgan fingerprint density at radius 1 is 1.17 bits per heavy atom. The molecule has 3 atom stereocenters. The Hall–Kier alpha value is -0.240. The molecular weight excluding hydrogens is 166 g/mol. The summed E-state index contributed by atoms with van der Waals surface area (Å²) in [5.41, 5.74) is 0. The van der Waals surface area contributed by atoms with Gasteiger partial charge in [-0.3, -0.25) is 4.84 Å². The quantitative estimate of drug-likeness (QED) is 0.286. The minimum absolute atomic E-state index is 0.0406. The molecule has 74 valence electrons. The lowest BCUT2D eigenvalue weighted by molar-refractivity contribution is -0.118.